The summed E-state index contributed by atoms with van der Waals surface area (Å²) in [4.78, 5) is 33.6. The summed E-state index contributed by atoms with van der Waals surface area (Å²) in [5.74, 6) is -0.616. The van der Waals surface area contributed by atoms with E-state index in [1.54, 1.807) is 25.1 Å². The SMILES string of the molecule is CCOc1c(C(=O)O)cnc2ccc(/C=C3\SC(=N[C@@H]4C[C@H]4c4ccccc4)NC3=O)cc12. The number of carboxylic acids is 1. The van der Waals surface area contributed by atoms with Gasteiger partial charge in [-0.25, -0.2) is 4.79 Å². The first-order valence-corrected chi connectivity index (χ1v) is 11.5. The van der Waals surface area contributed by atoms with E-state index in [0.717, 1.165) is 12.0 Å². The van der Waals surface area contributed by atoms with Gasteiger partial charge in [0.05, 0.1) is 23.1 Å². The Morgan fingerprint density at radius 2 is 2.12 bits per heavy atom. The van der Waals surface area contributed by atoms with E-state index in [4.69, 9.17) is 9.73 Å². The lowest BCUT2D eigenvalue weighted by molar-refractivity contribution is -0.115. The number of aliphatic imine (C=N–C) groups is 1. The number of amides is 1. The molecule has 1 aliphatic heterocycles. The van der Waals surface area contributed by atoms with Crippen LogP contribution in [0, 0.1) is 0 Å². The fraction of sp³-hybridized carbons (Fsp3) is 0.200. The summed E-state index contributed by atoms with van der Waals surface area (Å²) in [6.07, 6.45) is 4.05. The summed E-state index contributed by atoms with van der Waals surface area (Å²) in [5, 5.41) is 13.5. The number of thioether (sulfide) groups is 1. The molecule has 0 radical (unpaired) electrons. The summed E-state index contributed by atoms with van der Waals surface area (Å²) < 4.78 is 5.63. The zero-order valence-corrected chi connectivity index (χ0v) is 18.6. The van der Waals surface area contributed by atoms with Crippen LogP contribution in [0.3, 0.4) is 0 Å². The molecule has 1 aliphatic carbocycles. The van der Waals surface area contributed by atoms with Crippen molar-refractivity contribution in [2.24, 2.45) is 4.99 Å². The second-order valence-corrected chi connectivity index (χ2v) is 8.87. The molecule has 0 unspecified atom stereocenters. The Balaban J connectivity index is 1.40. The van der Waals surface area contributed by atoms with Crippen LogP contribution in [0.15, 0.2) is 64.6 Å². The standard InChI is InChI=1S/C25H21N3O4S/c1-2-32-22-17-10-14(8-9-19(17)26-13-18(22)24(30)31)11-21-23(29)28-25(33-21)27-20-12-16(20)15-6-4-3-5-7-15/h3-11,13,16,20H,2,12H2,1H3,(H,30,31)(H,27,28,29)/b21-11-/t16-,20+/m0/s1. The van der Waals surface area contributed by atoms with Gasteiger partial charge in [-0.15, -0.1) is 0 Å². The molecule has 2 heterocycles. The Labute approximate surface area is 194 Å². The van der Waals surface area contributed by atoms with Crippen molar-refractivity contribution in [3.8, 4) is 5.75 Å². The first-order chi connectivity index (χ1) is 16.0. The molecule has 2 aliphatic rings. The fourth-order valence-corrected chi connectivity index (χ4v) is 4.78. The van der Waals surface area contributed by atoms with Gasteiger partial charge in [-0.2, -0.15) is 0 Å². The minimum Gasteiger partial charge on any atom is -0.492 e. The first kappa shape index (κ1) is 21.2. The molecule has 33 heavy (non-hydrogen) atoms. The van der Waals surface area contributed by atoms with Crippen molar-refractivity contribution in [3.63, 3.8) is 0 Å². The number of nitrogens with one attached hydrogen (secondary N) is 1. The fourth-order valence-electron chi connectivity index (χ4n) is 3.90. The molecule has 0 spiro atoms. The Morgan fingerprint density at radius 3 is 2.88 bits per heavy atom. The third-order valence-corrected chi connectivity index (χ3v) is 6.50. The number of aromatic carboxylic acids is 1. The van der Waals surface area contributed by atoms with E-state index in [9.17, 15) is 14.7 Å². The van der Waals surface area contributed by atoms with E-state index < -0.39 is 5.97 Å². The van der Waals surface area contributed by atoms with Gasteiger partial charge in [0.1, 0.15) is 11.3 Å². The number of pyridine rings is 1. The summed E-state index contributed by atoms with van der Waals surface area (Å²) in [5.41, 5.74) is 2.65. The summed E-state index contributed by atoms with van der Waals surface area (Å²) in [6, 6.07) is 15.9. The van der Waals surface area contributed by atoms with Gasteiger partial charge in [0, 0.05) is 17.5 Å². The molecule has 1 amide bonds. The number of amidine groups is 1. The number of benzene rings is 2. The van der Waals surface area contributed by atoms with Gasteiger partial charge in [0.25, 0.3) is 5.91 Å². The molecular weight excluding hydrogens is 438 g/mol. The molecule has 2 atom stereocenters. The van der Waals surface area contributed by atoms with Crippen LogP contribution in [0.25, 0.3) is 17.0 Å². The highest BCUT2D eigenvalue weighted by Crippen LogP contribution is 2.44. The predicted molar refractivity (Wildman–Crippen MR) is 129 cm³/mol. The number of ether oxygens (including phenoxy) is 1. The second kappa shape index (κ2) is 8.71. The van der Waals surface area contributed by atoms with Crippen LogP contribution in [-0.2, 0) is 4.79 Å². The molecule has 0 bridgehead atoms. The average molecular weight is 460 g/mol. The number of hydrogen-bond donors (Lipinski definition) is 2. The lowest BCUT2D eigenvalue weighted by Crippen LogP contribution is -2.20. The van der Waals surface area contributed by atoms with Gasteiger partial charge < -0.3 is 15.2 Å². The molecule has 5 rings (SSSR count). The van der Waals surface area contributed by atoms with Crippen molar-refractivity contribution in [2.45, 2.75) is 25.3 Å². The van der Waals surface area contributed by atoms with E-state index in [-0.39, 0.29) is 23.3 Å². The van der Waals surface area contributed by atoms with Crippen LogP contribution < -0.4 is 10.1 Å². The zero-order valence-electron chi connectivity index (χ0n) is 17.8. The van der Waals surface area contributed by atoms with Crippen LogP contribution in [-0.4, -0.2) is 39.8 Å². The summed E-state index contributed by atoms with van der Waals surface area (Å²) >= 11 is 1.32. The maximum absolute atomic E-state index is 12.5. The van der Waals surface area contributed by atoms with Crippen LogP contribution >= 0.6 is 11.8 Å². The van der Waals surface area contributed by atoms with Gasteiger partial charge in [-0.1, -0.05) is 36.4 Å². The van der Waals surface area contributed by atoms with E-state index in [2.05, 4.69) is 22.4 Å². The maximum atomic E-state index is 12.5. The number of carbonyl (C=O) groups is 2. The number of carbonyl (C=O) groups excluding carboxylic acids is 1. The molecule has 2 aromatic carbocycles. The molecule has 2 fully saturated rings. The monoisotopic (exact) mass is 459 g/mol. The lowest BCUT2D eigenvalue weighted by atomic mass is 10.1. The average Bonchev–Trinajstić information content (AvgIpc) is 3.49. The van der Waals surface area contributed by atoms with Crippen molar-refractivity contribution in [3.05, 3.63) is 76.3 Å². The Hall–Kier alpha value is -3.65. The minimum absolute atomic E-state index is 0.00830. The van der Waals surface area contributed by atoms with E-state index in [1.807, 2.05) is 24.3 Å². The molecule has 3 aromatic rings. The predicted octanol–water partition coefficient (Wildman–Crippen LogP) is 4.45. The topological polar surface area (TPSA) is 101 Å². The Morgan fingerprint density at radius 1 is 1.30 bits per heavy atom. The van der Waals surface area contributed by atoms with Crippen LogP contribution in [0.2, 0.25) is 0 Å². The molecule has 1 saturated heterocycles. The third kappa shape index (κ3) is 4.34. The van der Waals surface area contributed by atoms with Crippen LogP contribution in [0.4, 0.5) is 0 Å². The number of hydrogen-bond acceptors (Lipinski definition) is 6. The van der Waals surface area contributed by atoms with Crippen LogP contribution in [0.5, 0.6) is 5.75 Å². The molecule has 2 N–H and O–H groups in total. The largest absolute Gasteiger partial charge is 0.492 e. The highest BCUT2D eigenvalue weighted by molar-refractivity contribution is 8.18. The normalized spacial score (nSPS) is 22.0. The van der Waals surface area contributed by atoms with Gasteiger partial charge in [-0.3, -0.25) is 14.8 Å². The molecular formula is C25H21N3O4S. The molecule has 8 heteroatoms. The Kier molecular flexibility index (Phi) is 5.60. The molecule has 1 aromatic heterocycles. The van der Waals surface area contributed by atoms with Crippen molar-refractivity contribution in [1.29, 1.82) is 0 Å². The van der Waals surface area contributed by atoms with Gasteiger partial charge in [0.2, 0.25) is 0 Å². The third-order valence-electron chi connectivity index (χ3n) is 5.58. The van der Waals surface area contributed by atoms with Crippen LogP contribution in [0.1, 0.15) is 40.7 Å². The van der Waals surface area contributed by atoms with Gasteiger partial charge >= 0.3 is 5.97 Å². The highest BCUT2D eigenvalue weighted by atomic mass is 32.2. The lowest BCUT2D eigenvalue weighted by Gasteiger charge is -2.11. The summed E-state index contributed by atoms with van der Waals surface area (Å²) in [6.45, 7) is 2.13. The highest BCUT2D eigenvalue weighted by Gasteiger charge is 2.39. The smallest absolute Gasteiger partial charge is 0.341 e. The number of nitrogens with zero attached hydrogens (tertiary/aromatic N) is 2. The number of carboxylic acid groups (broad SMARTS) is 1. The maximum Gasteiger partial charge on any atom is 0.341 e. The number of rotatable bonds is 6. The molecule has 1 saturated carbocycles. The van der Waals surface area contributed by atoms with E-state index >= 15 is 0 Å². The molecule has 7 nitrogen and oxygen atoms in total. The van der Waals surface area contributed by atoms with Gasteiger partial charge in [0.15, 0.2) is 5.17 Å². The number of fused-ring (bicyclic) bond motifs is 1. The van der Waals surface area contributed by atoms with Crippen molar-refractivity contribution >= 4 is 45.8 Å². The second-order valence-electron chi connectivity index (χ2n) is 7.84. The zero-order chi connectivity index (χ0) is 22.9. The van der Waals surface area contributed by atoms with Crippen molar-refractivity contribution < 1.29 is 19.4 Å². The first-order valence-electron chi connectivity index (χ1n) is 10.7. The molecule has 166 valence electrons. The van der Waals surface area contributed by atoms with E-state index in [1.165, 1.54) is 23.5 Å². The summed E-state index contributed by atoms with van der Waals surface area (Å²) in [7, 11) is 0. The van der Waals surface area contributed by atoms with Crippen molar-refractivity contribution in [2.75, 3.05) is 6.61 Å². The van der Waals surface area contributed by atoms with Crippen molar-refractivity contribution in [1.82, 2.24) is 10.3 Å². The van der Waals surface area contributed by atoms with Gasteiger partial charge in [-0.05, 0) is 54.4 Å². The quantitative estimate of drug-likeness (QED) is 0.528. The van der Waals surface area contributed by atoms with E-state index in [0.29, 0.717) is 33.5 Å². The number of aromatic nitrogens is 1. The Bertz CT molecular complexity index is 1320. The minimum atomic E-state index is -1.10.